The van der Waals surface area contributed by atoms with Gasteiger partial charge in [-0.25, -0.2) is 9.61 Å². The quantitative estimate of drug-likeness (QED) is 0.760. The van der Waals surface area contributed by atoms with Crippen LogP contribution in [0.4, 0.5) is 5.82 Å². The third-order valence-corrected chi connectivity index (χ3v) is 3.33. The summed E-state index contributed by atoms with van der Waals surface area (Å²) in [6, 6.07) is 0. The van der Waals surface area contributed by atoms with Crippen LogP contribution in [0.3, 0.4) is 0 Å². The number of rotatable bonds is 3. The minimum absolute atomic E-state index is 0.148. The number of anilines is 1. The molecule has 0 saturated carbocycles. The molecule has 0 bridgehead atoms. The van der Waals surface area contributed by atoms with Crippen LogP contribution >= 0.6 is 0 Å². The van der Waals surface area contributed by atoms with Crippen molar-refractivity contribution in [2.75, 3.05) is 19.8 Å². The number of amides is 1. The van der Waals surface area contributed by atoms with E-state index in [9.17, 15) is 4.79 Å². The van der Waals surface area contributed by atoms with Gasteiger partial charge in [-0.05, 0) is 17.2 Å². The van der Waals surface area contributed by atoms with Crippen LogP contribution in [0.5, 0.6) is 0 Å². The van der Waals surface area contributed by atoms with E-state index in [4.69, 9.17) is 5.73 Å². The summed E-state index contributed by atoms with van der Waals surface area (Å²) in [5.74, 6) is 0.501. The molecule has 0 saturated heterocycles. The molecular formula is C13H15N7O2. The second kappa shape index (κ2) is 5.10. The van der Waals surface area contributed by atoms with Crippen molar-refractivity contribution in [3.63, 3.8) is 0 Å². The predicted octanol–water partition coefficient (Wildman–Crippen LogP) is 0.785. The number of fused-ring (bicyclic) bond motifs is 1. The molecule has 0 radical (unpaired) electrons. The van der Waals surface area contributed by atoms with E-state index in [0.29, 0.717) is 34.7 Å². The van der Waals surface area contributed by atoms with Gasteiger partial charge in [-0.15, -0.1) is 0 Å². The smallest absolute Gasteiger partial charge is 0.257 e. The molecular weight excluding hydrogens is 286 g/mol. The molecule has 0 aliphatic heterocycles. The molecule has 2 N–H and O–H groups in total. The topological polar surface area (TPSA) is 116 Å². The molecule has 22 heavy (non-hydrogen) atoms. The Morgan fingerprint density at radius 1 is 1.36 bits per heavy atom. The Kier molecular flexibility index (Phi) is 3.24. The summed E-state index contributed by atoms with van der Waals surface area (Å²) in [4.78, 5) is 22.4. The molecule has 1 amide bonds. The van der Waals surface area contributed by atoms with Crippen molar-refractivity contribution in [3.8, 4) is 11.5 Å². The molecule has 3 heterocycles. The van der Waals surface area contributed by atoms with E-state index in [-0.39, 0.29) is 11.7 Å². The van der Waals surface area contributed by atoms with Gasteiger partial charge in [0.25, 0.3) is 5.91 Å². The highest BCUT2D eigenvalue weighted by Crippen LogP contribution is 2.28. The third-order valence-electron chi connectivity index (χ3n) is 3.33. The molecule has 3 aromatic rings. The van der Waals surface area contributed by atoms with Crippen LogP contribution in [0.25, 0.3) is 22.6 Å². The first kappa shape index (κ1) is 14.0. The number of hydrogen-bond donors (Lipinski definition) is 1. The molecule has 0 spiro atoms. The monoisotopic (exact) mass is 301 g/mol. The molecule has 3 rings (SSSR count). The lowest BCUT2D eigenvalue weighted by atomic mass is 10.2. The van der Waals surface area contributed by atoms with Gasteiger partial charge >= 0.3 is 0 Å². The second-order valence-electron chi connectivity index (χ2n) is 4.93. The summed E-state index contributed by atoms with van der Waals surface area (Å²) in [6.45, 7) is 2.52. The number of aromatic nitrogens is 5. The SMILES string of the molecule is CCn1c(-c2nonc2N)nc2cncc(C(=O)N(C)C)c21. The van der Waals surface area contributed by atoms with Crippen molar-refractivity contribution in [1.82, 2.24) is 29.7 Å². The van der Waals surface area contributed by atoms with E-state index < -0.39 is 0 Å². The maximum atomic E-state index is 12.4. The van der Waals surface area contributed by atoms with Gasteiger partial charge in [0, 0.05) is 26.8 Å². The zero-order valence-corrected chi connectivity index (χ0v) is 12.4. The highest BCUT2D eigenvalue weighted by atomic mass is 16.6. The van der Waals surface area contributed by atoms with Gasteiger partial charge in [0.15, 0.2) is 17.3 Å². The summed E-state index contributed by atoms with van der Waals surface area (Å²) in [5.41, 5.74) is 7.85. The molecule has 3 aromatic heterocycles. The number of nitrogens with zero attached hydrogens (tertiary/aromatic N) is 6. The van der Waals surface area contributed by atoms with Crippen LogP contribution in [-0.4, -0.2) is 49.8 Å². The minimum Gasteiger partial charge on any atom is -0.379 e. The number of carbonyl (C=O) groups is 1. The molecule has 0 aliphatic carbocycles. The van der Waals surface area contributed by atoms with Gasteiger partial charge < -0.3 is 15.2 Å². The Bertz CT molecular complexity index is 849. The number of hydrogen-bond acceptors (Lipinski definition) is 7. The van der Waals surface area contributed by atoms with E-state index in [2.05, 4.69) is 24.9 Å². The van der Waals surface area contributed by atoms with Crippen molar-refractivity contribution in [3.05, 3.63) is 18.0 Å². The molecule has 9 heteroatoms. The maximum Gasteiger partial charge on any atom is 0.257 e. The standard InChI is InChI=1S/C13H15N7O2/c1-4-20-10-7(13(21)19(2)3)5-15-6-8(10)16-12(20)9-11(14)18-22-17-9/h5-6H,4H2,1-3H3,(H2,14,18). The first-order valence-electron chi connectivity index (χ1n) is 6.68. The van der Waals surface area contributed by atoms with E-state index in [1.165, 1.54) is 11.1 Å². The Morgan fingerprint density at radius 2 is 2.14 bits per heavy atom. The average Bonchev–Trinajstić information content (AvgIpc) is 3.08. The average molecular weight is 301 g/mol. The zero-order valence-electron chi connectivity index (χ0n) is 12.4. The highest BCUT2D eigenvalue weighted by molar-refractivity contribution is 6.05. The number of imidazole rings is 1. The van der Waals surface area contributed by atoms with Crippen molar-refractivity contribution < 1.29 is 9.42 Å². The fourth-order valence-corrected chi connectivity index (χ4v) is 2.33. The summed E-state index contributed by atoms with van der Waals surface area (Å²) in [6.07, 6.45) is 3.13. The van der Waals surface area contributed by atoms with E-state index in [1.54, 1.807) is 20.3 Å². The van der Waals surface area contributed by atoms with Crippen molar-refractivity contribution >= 4 is 22.8 Å². The van der Waals surface area contributed by atoms with Crippen LogP contribution in [0.1, 0.15) is 17.3 Å². The molecule has 0 atom stereocenters. The largest absolute Gasteiger partial charge is 0.379 e. The first-order valence-corrected chi connectivity index (χ1v) is 6.68. The summed E-state index contributed by atoms with van der Waals surface area (Å²) in [7, 11) is 3.38. The van der Waals surface area contributed by atoms with Crippen LogP contribution in [-0.2, 0) is 6.54 Å². The fourth-order valence-electron chi connectivity index (χ4n) is 2.33. The number of aryl methyl sites for hydroxylation is 1. The molecule has 0 aliphatic rings. The fraction of sp³-hybridized carbons (Fsp3) is 0.308. The summed E-state index contributed by atoms with van der Waals surface area (Å²) < 4.78 is 6.49. The van der Waals surface area contributed by atoms with E-state index in [0.717, 1.165) is 0 Å². The Morgan fingerprint density at radius 3 is 2.73 bits per heavy atom. The Labute approximate surface area is 125 Å². The number of pyridine rings is 1. The molecule has 0 fully saturated rings. The lowest BCUT2D eigenvalue weighted by molar-refractivity contribution is 0.0828. The van der Waals surface area contributed by atoms with Crippen LogP contribution < -0.4 is 5.73 Å². The molecule has 114 valence electrons. The van der Waals surface area contributed by atoms with Crippen molar-refractivity contribution in [2.24, 2.45) is 0 Å². The summed E-state index contributed by atoms with van der Waals surface area (Å²) >= 11 is 0. The first-order chi connectivity index (χ1) is 10.5. The normalized spacial score (nSPS) is 11.0. The highest BCUT2D eigenvalue weighted by Gasteiger charge is 2.23. The molecule has 0 unspecified atom stereocenters. The number of nitrogens with two attached hydrogens (primary N) is 1. The van der Waals surface area contributed by atoms with Gasteiger partial charge in [-0.1, -0.05) is 0 Å². The van der Waals surface area contributed by atoms with Crippen molar-refractivity contribution in [1.29, 1.82) is 0 Å². The van der Waals surface area contributed by atoms with E-state index in [1.807, 2.05) is 11.5 Å². The van der Waals surface area contributed by atoms with Gasteiger partial charge in [-0.2, -0.15) is 0 Å². The van der Waals surface area contributed by atoms with Crippen LogP contribution in [0, 0.1) is 0 Å². The van der Waals surface area contributed by atoms with Gasteiger partial charge in [0.1, 0.15) is 5.52 Å². The van der Waals surface area contributed by atoms with Crippen LogP contribution in [0.15, 0.2) is 17.0 Å². The maximum absolute atomic E-state index is 12.4. The number of nitrogen functional groups attached to an aromatic ring is 1. The second-order valence-corrected chi connectivity index (χ2v) is 4.93. The summed E-state index contributed by atoms with van der Waals surface area (Å²) in [5, 5.41) is 7.36. The van der Waals surface area contributed by atoms with E-state index >= 15 is 0 Å². The van der Waals surface area contributed by atoms with Crippen LogP contribution in [0.2, 0.25) is 0 Å². The van der Waals surface area contributed by atoms with Gasteiger partial charge in [-0.3, -0.25) is 9.78 Å². The lowest BCUT2D eigenvalue weighted by Gasteiger charge is -2.12. The van der Waals surface area contributed by atoms with Gasteiger partial charge in [0.2, 0.25) is 0 Å². The lowest BCUT2D eigenvalue weighted by Crippen LogP contribution is -2.22. The third kappa shape index (κ3) is 1.98. The Balaban J connectivity index is 2.32. The minimum atomic E-state index is -0.148. The van der Waals surface area contributed by atoms with Gasteiger partial charge in [0.05, 0.1) is 17.3 Å². The molecule has 0 aromatic carbocycles. The zero-order chi connectivity index (χ0) is 15.9. The molecule has 9 nitrogen and oxygen atoms in total. The Hall–Kier alpha value is -2.97. The number of carbonyl (C=O) groups excluding carboxylic acids is 1. The predicted molar refractivity (Wildman–Crippen MR) is 78.9 cm³/mol. The van der Waals surface area contributed by atoms with Crippen molar-refractivity contribution in [2.45, 2.75) is 13.5 Å².